The smallest absolute Gasteiger partial charge is 0.339 e. The van der Waals surface area contributed by atoms with Crippen LogP contribution in [-0.2, 0) is 35.0 Å². The number of imide groups is 1. The van der Waals surface area contributed by atoms with E-state index in [2.05, 4.69) is 24.9 Å². The summed E-state index contributed by atoms with van der Waals surface area (Å²) in [5, 5.41) is 13.3. The van der Waals surface area contributed by atoms with Crippen molar-refractivity contribution in [3.8, 4) is 0 Å². The number of nitrogens with two attached hydrogens (primary N) is 1. The van der Waals surface area contributed by atoms with Crippen LogP contribution in [0.3, 0.4) is 0 Å². The molecule has 0 radical (unpaired) electrons. The van der Waals surface area contributed by atoms with Gasteiger partial charge in [-0.3, -0.25) is 24.0 Å². The van der Waals surface area contributed by atoms with Crippen LogP contribution in [0, 0.1) is 6.92 Å². The molecule has 2 aromatic heterocycles. The number of aliphatic carboxylic acids is 1. The highest BCUT2D eigenvalue weighted by Crippen LogP contribution is 2.36. The molecule has 3 atom stereocenters. The van der Waals surface area contributed by atoms with Crippen molar-refractivity contribution in [1.82, 2.24) is 29.8 Å². The fourth-order valence-corrected chi connectivity index (χ4v) is 5.47. The number of likely N-dealkylation sites (tertiary alicyclic amines) is 1. The van der Waals surface area contributed by atoms with Gasteiger partial charge >= 0.3 is 22.2 Å². The summed E-state index contributed by atoms with van der Waals surface area (Å²) in [4.78, 5) is 58.4. The predicted octanol–water partition coefficient (Wildman–Crippen LogP) is -1.93. The summed E-state index contributed by atoms with van der Waals surface area (Å²) < 4.78 is 31.9. The van der Waals surface area contributed by atoms with Gasteiger partial charge in [-0.2, -0.15) is 18.3 Å². The average molecular weight is 533 g/mol. The number of hydroxylamine groups is 1. The van der Waals surface area contributed by atoms with Crippen LogP contribution in [0.4, 0.5) is 14.9 Å². The first-order chi connectivity index (χ1) is 15.9. The molecule has 0 aromatic carbocycles. The summed E-state index contributed by atoms with van der Waals surface area (Å²) in [7, 11) is -4.35. The van der Waals surface area contributed by atoms with Crippen molar-refractivity contribution >= 4 is 67.0 Å². The zero-order chi connectivity index (χ0) is 24.8. The van der Waals surface area contributed by atoms with Gasteiger partial charge < -0.3 is 16.2 Å². The summed E-state index contributed by atoms with van der Waals surface area (Å²) in [6.45, 7) is 1.29. The van der Waals surface area contributed by atoms with Crippen molar-refractivity contribution in [3.63, 3.8) is 0 Å². The Morgan fingerprint density at radius 3 is 2.65 bits per heavy atom. The summed E-state index contributed by atoms with van der Waals surface area (Å²) >= 11 is 1.83. The van der Waals surface area contributed by atoms with E-state index in [0.29, 0.717) is 10.6 Å². The molecule has 182 valence electrons. The molecule has 16 nitrogen and oxygen atoms in total. The summed E-state index contributed by atoms with van der Waals surface area (Å²) in [5.74, 6) is -3.32. The number of nitrogen functional groups attached to an aromatic ring is 1. The molecule has 7 N–H and O–H groups in total. The van der Waals surface area contributed by atoms with Gasteiger partial charge in [0.1, 0.15) is 11.0 Å². The molecule has 4 heterocycles. The van der Waals surface area contributed by atoms with E-state index in [1.807, 2.05) is 0 Å². The minimum absolute atomic E-state index is 0.0250. The molecule has 0 bridgehead atoms. The summed E-state index contributed by atoms with van der Waals surface area (Å²) in [6.07, 6.45) is -1.66. The van der Waals surface area contributed by atoms with Gasteiger partial charge in [-0.15, -0.1) is 11.3 Å². The summed E-state index contributed by atoms with van der Waals surface area (Å²) in [6, 6.07) is -1.01. The van der Waals surface area contributed by atoms with E-state index >= 15 is 0 Å². The molecule has 0 aliphatic carbocycles. The van der Waals surface area contributed by atoms with Gasteiger partial charge in [-0.25, -0.2) is 19.3 Å². The highest BCUT2D eigenvalue weighted by atomic mass is 32.2. The zero-order valence-electron chi connectivity index (χ0n) is 17.0. The molecular formula is C15H16N8O8S3. The number of hydrogen-bond donors (Lipinski definition) is 6. The third-order valence-corrected chi connectivity index (χ3v) is 7.33. The molecule has 2 aliphatic rings. The van der Waals surface area contributed by atoms with Crippen molar-refractivity contribution in [2.24, 2.45) is 0 Å². The van der Waals surface area contributed by atoms with E-state index in [1.54, 1.807) is 11.6 Å². The van der Waals surface area contributed by atoms with E-state index in [-0.39, 0.29) is 22.4 Å². The number of thiazole rings is 1. The quantitative estimate of drug-likeness (QED) is 0.214. The number of carboxylic acids is 1. The molecule has 2 fully saturated rings. The van der Waals surface area contributed by atoms with Gasteiger partial charge in [0.15, 0.2) is 5.13 Å². The lowest BCUT2D eigenvalue weighted by molar-refractivity contribution is -0.235. The molecule has 4 rings (SSSR count). The number of β-lactam (4-membered cyclic amide) rings is 1. The maximum Gasteiger partial charge on any atom is 0.339 e. The van der Waals surface area contributed by atoms with Crippen molar-refractivity contribution in [3.05, 3.63) is 22.8 Å². The van der Waals surface area contributed by atoms with Crippen LogP contribution in [0.15, 0.2) is 11.4 Å². The number of rotatable bonds is 7. The third-order valence-electron chi connectivity index (χ3n) is 4.80. The second kappa shape index (κ2) is 8.43. The Hall–Kier alpha value is -3.39. The molecule has 2 unspecified atom stereocenters. The fraction of sp³-hybridized carbons (Fsp3) is 0.333. The molecule has 2 aromatic rings. The van der Waals surface area contributed by atoms with Crippen LogP contribution in [0.1, 0.15) is 11.4 Å². The number of amides is 4. The van der Waals surface area contributed by atoms with Gasteiger partial charge in [-0.05, 0) is 24.5 Å². The second-order valence-electron chi connectivity index (χ2n) is 7.14. The SMILES string of the molecule is Cc1cc(NS(=O)(=O)NC(=O)N2CC(NC(=O)C3(c4csc(N)n4)NO[C@@H]3C(=O)O)C2=O)sn1. The predicted molar refractivity (Wildman–Crippen MR) is 115 cm³/mol. The number of nitrogens with zero attached hydrogens (tertiary/aromatic N) is 3. The number of aromatic nitrogens is 2. The number of aryl methyl sites for hydroxylation is 1. The van der Waals surface area contributed by atoms with Crippen LogP contribution < -0.4 is 26.0 Å². The number of carbonyl (C=O) groups excluding carboxylic acids is 3. The largest absolute Gasteiger partial charge is 0.479 e. The lowest BCUT2D eigenvalue weighted by Gasteiger charge is -2.46. The average Bonchev–Trinajstić information content (AvgIpc) is 3.30. The van der Waals surface area contributed by atoms with Gasteiger partial charge in [0.05, 0.1) is 17.9 Å². The van der Waals surface area contributed by atoms with E-state index in [4.69, 9.17) is 10.6 Å². The van der Waals surface area contributed by atoms with Crippen LogP contribution in [0.2, 0.25) is 0 Å². The van der Waals surface area contributed by atoms with Gasteiger partial charge in [0.25, 0.3) is 11.8 Å². The normalized spacial score (nSPS) is 24.0. The molecule has 2 aliphatic heterocycles. The third kappa shape index (κ3) is 4.14. The molecule has 4 amide bonds. The number of carbonyl (C=O) groups is 4. The van der Waals surface area contributed by atoms with E-state index in [0.717, 1.165) is 22.9 Å². The van der Waals surface area contributed by atoms with Crippen molar-refractivity contribution in [2.75, 3.05) is 17.0 Å². The molecular weight excluding hydrogens is 516 g/mol. The monoisotopic (exact) mass is 532 g/mol. The van der Waals surface area contributed by atoms with Crippen molar-refractivity contribution < 1.29 is 37.5 Å². The highest BCUT2D eigenvalue weighted by molar-refractivity contribution is 7.91. The lowest BCUT2D eigenvalue weighted by Crippen LogP contribution is -2.76. The standard InChI is InChI=1S/C15H16N8O8S3/c1-5-2-8(33-19-5)20-34(29,30)21-14(28)23-3-6(10(23)24)17-12(27)15(7-4-32-13(16)18-7)9(11(25)26)31-22-15/h2,4,6,9,20,22H,3H2,1H3,(H2,16,18)(H,17,27)(H,21,28)(H,25,26)/t6?,9-,15?/m1/s1. The maximum atomic E-state index is 13.0. The van der Waals surface area contributed by atoms with Crippen LogP contribution in [0.25, 0.3) is 0 Å². The Morgan fingerprint density at radius 2 is 2.15 bits per heavy atom. The van der Waals surface area contributed by atoms with Crippen LogP contribution in [0.5, 0.6) is 0 Å². The maximum absolute atomic E-state index is 13.0. The minimum atomic E-state index is -4.35. The Bertz CT molecular complexity index is 1290. The van der Waals surface area contributed by atoms with Crippen molar-refractivity contribution in [1.29, 1.82) is 0 Å². The Kier molecular flexibility index (Phi) is 5.89. The lowest BCUT2D eigenvalue weighted by atomic mass is 9.85. The zero-order valence-corrected chi connectivity index (χ0v) is 19.4. The van der Waals surface area contributed by atoms with Crippen LogP contribution >= 0.6 is 22.9 Å². The number of carboxylic acid groups (broad SMARTS) is 1. The molecule has 34 heavy (non-hydrogen) atoms. The van der Waals surface area contributed by atoms with Crippen molar-refractivity contribution in [2.45, 2.75) is 24.6 Å². The van der Waals surface area contributed by atoms with Gasteiger partial charge in [0, 0.05) is 5.38 Å². The Labute approximate surface area is 198 Å². The first-order valence-corrected chi connectivity index (χ1v) is 12.3. The molecule has 0 saturated carbocycles. The number of anilines is 2. The number of nitrogens with one attached hydrogen (secondary N) is 4. The molecule has 19 heteroatoms. The van der Waals surface area contributed by atoms with E-state index in [1.165, 1.54) is 11.4 Å². The second-order valence-corrected chi connectivity index (χ2v) is 10.2. The first-order valence-electron chi connectivity index (χ1n) is 9.20. The van der Waals surface area contributed by atoms with Gasteiger partial charge in [-0.1, -0.05) is 0 Å². The van der Waals surface area contributed by atoms with E-state index in [9.17, 15) is 32.7 Å². The first kappa shape index (κ1) is 23.8. The van der Waals surface area contributed by atoms with E-state index < -0.39 is 51.7 Å². The fourth-order valence-electron chi connectivity index (χ4n) is 3.14. The summed E-state index contributed by atoms with van der Waals surface area (Å²) in [5.41, 5.74) is 6.45. The Balaban J connectivity index is 1.39. The number of urea groups is 1. The Morgan fingerprint density at radius 1 is 1.41 bits per heavy atom. The van der Waals surface area contributed by atoms with Gasteiger partial charge in [0.2, 0.25) is 11.6 Å². The molecule has 0 spiro atoms. The topological polar surface area (TPSA) is 235 Å². The molecule has 2 saturated heterocycles. The van der Waals surface area contributed by atoms with Crippen LogP contribution in [-0.4, -0.2) is 70.3 Å². The number of hydrogen-bond acceptors (Lipinski definition) is 13. The minimum Gasteiger partial charge on any atom is -0.479 e. The highest BCUT2D eigenvalue weighted by Gasteiger charge is 2.62.